The molecule has 3 aromatic rings. The molecular weight excluding hydrogens is 271 g/mol. The summed E-state index contributed by atoms with van der Waals surface area (Å²) in [6.07, 6.45) is 0.615. The quantitative estimate of drug-likeness (QED) is 0.557. The van der Waals surface area contributed by atoms with Crippen molar-refractivity contribution in [2.45, 2.75) is 11.8 Å². The van der Waals surface area contributed by atoms with Gasteiger partial charge < -0.3 is 0 Å². The highest BCUT2D eigenvalue weighted by Crippen LogP contribution is 2.30. The van der Waals surface area contributed by atoms with Gasteiger partial charge in [-0.1, -0.05) is 60.7 Å². The molecule has 0 saturated heterocycles. The molecule has 100 valence electrons. The van der Waals surface area contributed by atoms with Crippen molar-refractivity contribution in [2.75, 3.05) is 0 Å². The summed E-state index contributed by atoms with van der Waals surface area (Å²) in [5, 5.41) is 2.00. The molecule has 1 unspecified atom stereocenters. The largest absolute Gasteiger partial charge is 0.207 e. The minimum absolute atomic E-state index is 0.243. The van der Waals surface area contributed by atoms with Crippen LogP contribution < -0.4 is 0 Å². The third kappa shape index (κ3) is 2.54. The maximum absolute atomic E-state index is 13.8. The maximum Gasteiger partial charge on any atom is 0.127 e. The van der Waals surface area contributed by atoms with Gasteiger partial charge >= 0.3 is 0 Å². The Morgan fingerprint density at radius 3 is 2.40 bits per heavy atom. The van der Waals surface area contributed by atoms with Crippen LogP contribution in [0, 0.1) is 5.82 Å². The van der Waals surface area contributed by atoms with E-state index in [1.54, 1.807) is 12.1 Å². The molecule has 3 rings (SSSR count). The first-order chi connectivity index (χ1) is 9.75. The Morgan fingerprint density at radius 1 is 0.850 bits per heavy atom. The van der Waals surface area contributed by atoms with Gasteiger partial charge in [0.05, 0.1) is 5.38 Å². The number of hydrogen-bond acceptors (Lipinski definition) is 0. The van der Waals surface area contributed by atoms with Gasteiger partial charge in [-0.25, -0.2) is 4.39 Å². The van der Waals surface area contributed by atoms with E-state index in [4.69, 9.17) is 11.6 Å². The van der Waals surface area contributed by atoms with Crippen LogP contribution in [0.5, 0.6) is 0 Å². The number of hydrogen-bond donors (Lipinski definition) is 0. The van der Waals surface area contributed by atoms with Crippen LogP contribution in [0.3, 0.4) is 0 Å². The molecule has 0 aliphatic rings. The van der Waals surface area contributed by atoms with Crippen molar-refractivity contribution in [2.24, 2.45) is 0 Å². The first kappa shape index (κ1) is 13.1. The summed E-state index contributed by atoms with van der Waals surface area (Å²) < 4.78 is 13.8. The van der Waals surface area contributed by atoms with Gasteiger partial charge in [0.1, 0.15) is 5.82 Å². The minimum atomic E-state index is -0.359. The Balaban J connectivity index is 1.96. The summed E-state index contributed by atoms with van der Waals surface area (Å²) in [5.41, 5.74) is 1.70. The molecule has 0 nitrogen and oxygen atoms in total. The van der Waals surface area contributed by atoms with Gasteiger partial charge in [-0.2, -0.15) is 0 Å². The fraction of sp³-hybridized carbons (Fsp3) is 0.111. The van der Waals surface area contributed by atoms with Crippen LogP contribution in [0.1, 0.15) is 16.5 Å². The molecule has 0 heterocycles. The second kappa shape index (κ2) is 5.64. The highest BCUT2D eigenvalue weighted by molar-refractivity contribution is 6.21. The number of rotatable bonds is 3. The van der Waals surface area contributed by atoms with Crippen LogP contribution in [0.25, 0.3) is 10.8 Å². The monoisotopic (exact) mass is 284 g/mol. The average molecular weight is 285 g/mol. The van der Waals surface area contributed by atoms with Crippen molar-refractivity contribution in [3.8, 4) is 0 Å². The molecule has 0 radical (unpaired) electrons. The molecule has 20 heavy (non-hydrogen) atoms. The summed E-state index contributed by atoms with van der Waals surface area (Å²) in [7, 11) is 0. The number of halogens is 2. The molecule has 3 aromatic carbocycles. The third-order valence-corrected chi connectivity index (χ3v) is 3.91. The Labute approximate surface area is 122 Å². The minimum Gasteiger partial charge on any atom is -0.207 e. The zero-order valence-corrected chi connectivity index (χ0v) is 11.6. The number of alkyl halides is 1. The van der Waals surface area contributed by atoms with E-state index in [-0.39, 0.29) is 11.2 Å². The van der Waals surface area contributed by atoms with Crippen LogP contribution in [0.15, 0.2) is 66.7 Å². The van der Waals surface area contributed by atoms with E-state index < -0.39 is 0 Å². The van der Waals surface area contributed by atoms with Crippen molar-refractivity contribution >= 4 is 22.4 Å². The molecular formula is C18H14ClF. The summed E-state index contributed by atoms with van der Waals surface area (Å²) >= 11 is 6.41. The van der Waals surface area contributed by atoms with Gasteiger partial charge in [0.25, 0.3) is 0 Å². The topological polar surface area (TPSA) is 0 Å². The highest BCUT2D eigenvalue weighted by Gasteiger charge is 2.14. The highest BCUT2D eigenvalue weighted by atomic mass is 35.5. The molecule has 0 aliphatic carbocycles. The predicted octanol–water partition coefficient (Wildman–Crippen LogP) is 5.50. The average Bonchev–Trinajstić information content (AvgIpc) is 2.48. The van der Waals surface area contributed by atoms with E-state index in [0.717, 1.165) is 5.56 Å². The predicted molar refractivity (Wildman–Crippen MR) is 82.6 cm³/mol. The van der Waals surface area contributed by atoms with Crippen LogP contribution in [-0.4, -0.2) is 0 Å². The van der Waals surface area contributed by atoms with Gasteiger partial charge in [0.2, 0.25) is 0 Å². The number of fused-ring (bicyclic) bond motifs is 1. The second-order valence-corrected chi connectivity index (χ2v) is 5.36. The summed E-state index contributed by atoms with van der Waals surface area (Å²) in [5.74, 6) is -0.243. The van der Waals surface area contributed by atoms with Crippen LogP contribution in [-0.2, 0) is 6.42 Å². The van der Waals surface area contributed by atoms with E-state index in [1.807, 2.05) is 24.3 Å². The fourth-order valence-electron chi connectivity index (χ4n) is 2.50. The van der Waals surface area contributed by atoms with Gasteiger partial charge in [0, 0.05) is 5.56 Å². The second-order valence-electron chi connectivity index (χ2n) is 4.83. The molecule has 1 atom stereocenters. The normalized spacial score (nSPS) is 12.5. The molecule has 0 bridgehead atoms. The van der Waals surface area contributed by atoms with Gasteiger partial charge in [-0.3, -0.25) is 0 Å². The molecule has 0 amide bonds. The maximum atomic E-state index is 13.8. The fourth-order valence-corrected chi connectivity index (χ4v) is 2.85. The Kier molecular flexibility index (Phi) is 3.70. The lowest BCUT2D eigenvalue weighted by molar-refractivity contribution is 0.606. The van der Waals surface area contributed by atoms with E-state index >= 15 is 0 Å². The molecule has 2 heteroatoms. The molecule has 0 saturated carbocycles. The summed E-state index contributed by atoms with van der Waals surface area (Å²) in [6, 6.07) is 21.0. The molecule has 0 N–H and O–H groups in total. The van der Waals surface area contributed by atoms with Gasteiger partial charge in [-0.05, 0) is 28.8 Å². The standard InChI is InChI=1S/C18H14ClF/c19-17(16-10-3-4-11-18(16)20)12-14-8-5-7-13-6-1-2-9-15(13)14/h1-11,17H,12H2. The van der Waals surface area contributed by atoms with Crippen molar-refractivity contribution in [1.82, 2.24) is 0 Å². The molecule has 0 aliphatic heterocycles. The summed E-state index contributed by atoms with van der Waals surface area (Å²) in [4.78, 5) is 0. The lowest BCUT2D eigenvalue weighted by Crippen LogP contribution is -1.99. The number of benzene rings is 3. The Hall–Kier alpha value is -1.86. The first-order valence-electron chi connectivity index (χ1n) is 6.61. The van der Waals surface area contributed by atoms with Gasteiger partial charge in [-0.15, -0.1) is 11.6 Å². The van der Waals surface area contributed by atoms with E-state index in [9.17, 15) is 4.39 Å². The van der Waals surface area contributed by atoms with E-state index in [0.29, 0.717) is 12.0 Å². The Bertz CT molecular complexity index is 731. The van der Waals surface area contributed by atoms with Gasteiger partial charge in [0.15, 0.2) is 0 Å². The smallest absolute Gasteiger partial charge is 0.127 e. The Morgan fingerprint density at radius 2 is 1.55 bits per heavy atom. The van der Waals surface area contributed by atoms with Crippen LogP contribution in [0.2, 0.25) is 0 Å². The zero-order chi connectivity index (χ0) is 13.9. The van der Waals surface area contributed by atoms with Crippen molar-refractivity contribution in [3.63, 3.8) is 0 Å². The lowest BCUT2D eigenvalue weighted by atomic mass is 9.98. The van der Waals surface area contributed by atoms with Crippen molar-refractivity contribution in [3.05, 3.63) is 83.7 Å². The van der Waals surface area contributed by atoms with Crippen LogP contribution >= 0.6 is 11.6 Å². The molecule has 0 fully saturated rings. The molecule has 0 aromatic heterocycles. The van der Waals surface area contributed by atoms with E-state index in [2.05, 4.69) is 24.3 Å². The van der Waals surface area contributed by atoms with E-state index in [1.165, 1.54) is 16.8 Å². The SMILES string of the molecule is Fc1ccccc1C(Cl)Cc1cccc2ccccc12. The molecule has 0 spiro atoms. The van der Waals surface area contributed by atoms with Crippen LogP contribution in [0.4, 0.5) is 4.39 Å². The van der Waals surface area contributed by atoms with Crippen molar-refractivity contribution < 1.29 is 4.39 Å². The third-order valence-electron chi connectivity index (χ3n) is 3.52. The first-order valence-corrected chi connectivity index (χ1v) is 7.04. The lowest BCUT2D eigenvalue weighted by Gasteiger charge is -2.13. The zero-order valence-electron chi connectivity index (χ0n) is 10.9. The summed E-state index contributed by atoms with van der Waals surface area (Å²) in [6.45, 7) is 0. The van der Waals surface area contributed by atoms with Crippen molar-refractivity contribution in [1.29, 1.82) is 0 Å².